The minimum Gasteiger partial charge on any atom is -0.481 e. The van der Waals surface area contributed by atoms with Gasteiger partial charge >= 0.3 is 5.97 Å². The van der Waals surface area contributed by atoms with Gasteiger partial charge < -0.3 is 10.4 Å². The Hall–Kier alpha value is -3.52. The average molecular weight is 462 g/mol. The second-order valence-electron chi connectivity index (χ2n) is 8.53. The number of rotatable bonds is 4. The van der Waals surface area contributed by atoms with Gasteiger partial charge in [-0.15, -0.1) is 11.3 Å². The van der Waals surface area contributed by atoms with Crippen LogP contribution < -0.4 is 10.9 Å². The number of nitrogens with one attached hydrogen (secondary N) is 1. The summed E-state index contributed by atoms with van der Waals surface area (Å²) in [5, 5.41) is 12.7. The van der Waals surface area contributed by atoms with E-state index in [-0.39, 0.29) is 23.4 Å². The van der Waals surface area contributed by atoms with Gasteiger partial charge in [0, 0.05) is 22.0 Å². The van der Waals surface area contributed by atoms with Crippen LogP contribution in [0.1, 0.15) is 40.9 Å². The maximum atomic E-state index is 13.3. The van der Waals surface area contributed by atoms with Gasteiger partial charge in [-0.3, -0.25) is 18.8 Å². The Kier molecular flexibility index (Phi) is 5.46. The van der Waals surface area contributed by atoms with E-state index < -0.39 is 5.97 Å². The first-order valence-corrected chi connectivity index (χ1v) is 11.8. The highest BCUT2D eigenvalue weighted by molar-refractivity contribution is 7.15. The Labute approximate surface area is 193 Å². The Morgan fingerprint density at radius 3 is 2.61 bits per heavy atom. The van der Waals surface area contributed by atoms with Crippen LogP contribution in [0.15, 0.2) is 53.5 Å². The number of hydrogen-bond donors (Lipinski definition) is 2. The first kappa shape index (κ1) is 21.3. The molecule has 4 aromatic rings. The molecule has 0 aliphatic heterocycles. The van der Waals surface area contributed by atoms with Crippen molar-refractivity contribution in [3.63, 3.8) is 0 Å². The molecule has 1 aliphatic carbocycles. The summed E-state index contributed by atoms with van der Waals surface area (Å²) in [6.45, 7) is 2.05. The molecule has 1 saturated carbocycles. The molecule has 1 aliphatic rings. The maximum Gasteiger partial charge on any atom is 0.306 e. The van der Waals surface area contributed by atoms with Crippen molar-refractivity contribution in [1.29, 1.82) is 0 Å². The first-order valence-electron chi connectivity index (χ1n) is 11.0. The van der Waals surface area contributed by atoms with Crippen LogP contribution in [-0.4, -0.2) is 32.4 Å². The van der Waals surface area contributed by atoms with E-state index in [0.29, 0.717) is 47.8 Å². The number of amides is 1. The molecule has 3 aromatic heterocycles. The van der Waals surface area contributed by atoms with Crippen molar-refractivity contribution in [2.24, 2.45) is 5.92 Å². The molecule has 3 heterocycles. The van der Waals surface area contributed by atoms with E-state index in [0.717, 1.165) is 10.4 Å². The molecule has 0 spiro atoms. The van der Waals surface area contributed by atoms with Crippen LogP contribution in [-0.2, 0) is 4.79 Å². The molecule has 1 aromatic carbocycles. The normalized spacial score (nSPS) is 18.5. The number of thiophene rings is 1. The number of aromatic nitrogens is 2. The summed E-state index contributed by atoms with van der Waals surface area (Å²) in [7, 11) is 0. The quantitative estimate of drug-likeness (QED) is 0.442. The van der Waals surface area contributed by atoms with Crippen LogP contribution in [0.5, 0.6) is 0 Å². The van der Waals surface area contributed by atoms with Crippen molar-refractivity contribution in [3.8, 4) is 10.4 Å². The third kappa shape index (κ3) is 4.02. The van der Waals surface area contributed by atoms with E-state index in [1.807, 2.05) is 31.2 Å². The van der Waals surface area contributed by atoms with Crippen LogP contribution >= 0.6 is 11.3 Å². The molecule has 2 N–H and O–H groups in total. The predicted octanol–water partition coefficient (Wildman–Crippen LogP) is 4.26. The molecule has 33 heavy (non-hydrogen) atoms. The Balaban J connectivity index is 1.48. The molecule has 0 saturated heterocycles. The number of nitrogens with zero attached hydrogens (tertiary/aromatic N) is 2. The Morgan fingerprint density at radius 1 is 1.12 bits per heavy atom. The van der Waals surface area contributed by atoms with Gasteiger partial charge in [0.05, 0.1) is 22.4 Å². The number of carboxylic acids is 1. The summed E-state index contributed by atoms with van der Waals surface area (Å²) in [5.74, 6) is -1.42. The molecule has 0 bridgehead atoms. The number of aliphatic carboxylic acids is 1. The topological polar surface area (TPSA) is 101 Å². The molecule has 1 fully saturated rings. The molecule has 0 atom stereocenters. The Morgan fingerprint density at radius 2 is 1.91 bits per heavy atom. The number of carbonyl (C=O) groups excluding carboxylic acids is 1. The molecule has 1 amide bonds. The molecule has 5 rings (SSSR count). The van der Waals surface area contributed by atoms with Gasteiger partial charge in [0.25, 0.3) is 11.5 Å². The molecular formula is C25H23N3O4S. The summed E-state index contributed by atoms with van der Waals surface area (Å²) < 4.78 is 1.42. The third-order valence-electron chi connectivity index (χ3n) is 6.32. The number of hydrogen-bond acceptors (Lipinski definition) is 5. The first-order chi connectivity index (χ1) is 15.9. The fourth-order valence-corrected chi connectivity index (χ4v) is 5.36. The van der Waals surface area contributed by atoms with Crippen molar-refractivity contribution in [2.45, 2.75) is 38.6 Å². The van der Waals surface area contributed by atoms with Crippen LogP contribution in [0.2, 0.25) is 0 Å². The summed E-state index contributed by atoms with van der Waals surface area (Å²) in [6, 6.07) is 13.0. The van der Waals surface area contributed by atoms with Crippen molar-refractivity contribution in [1.82, 2.24) is 14.7 Å². The minimum atomic E-state index is -0.776. The smallest absolute Gasteiger partial charge is 0.306 e. The maximum absolute atomic E-state index is 13.3. The highest BCUT2D eigenvalue weighted by Crippen LogP contribution is 2.29. The average Bonchev–Trinajstić information content (AvgIpc) is 3.25. The minimum absolute atomic E-state index is 0.0858. The number of carboxylic acid groups (broad SMARTS) is 1. The van der Waals surface area contributed by atoms with Gasteiger partial charge in [0.1, 0.15) is 0 Å². The highest BCUT2D eigenvalue weighted by atomic mass is 32.1. The second-order valence-corrected chi connectivity index (χ2v) is 9.82. The van der Waals surface area contributed by atoms with Crippen LogP contribution in [0, 0.1) is 12.8 Å². The monoisotopic (exact) mass is 461 g/mol. The van der Waals surface area contributed by atoms with Gasteiger partial charge in [-0.1, -0.05) is 6.07 Å². The van der Waals surface area contributed by atoms with Gasteiger partial charge in [0.15, 0.2) is 5.65 Å². The Bertz CT molecular complexity index is 1450. The zero-order valence-corrected chi connectivity index (χ0v) is 18.9. The van der Waals surface area contributed by atoms with E-state index in [1.54, 1.807) is 29.7 Å². The van der Waals surface area contributed by atoms with Crippen LogP contribution in [0.25, 0.3) is 27.0 Å². The predicted molar refractivity (Wildman–Crippen MR) is 128 cm³/mol. The SMILES string of the molecule is Cc1ccc(-c2ccc3nc4c(C(=O)N[C@H]5CC[C@@H](C(=O)O)CC5)cccn4c(=O)c3c2)s1. The summed E-state index contributed by atoms with van der Waals surface area (Å²) in [5.41, 5.74) is 1.92. The largest absolute Gasteiger partial charge is 0.481 e. The number of pyridine rings is 1. The lowest BCUT2D eigenvalue weighted by atomic mass is 9.86. The number of fused-ring (bicyclic) bond motifs is 2. The summed E-state index contributed by atoms with van der Waals surface area (Å²) in [6.07, 6.45) is 3.96. The zero-order chi connectivity index (χ0) is 23.1. The summed E-state index contributed by atoms with van der Waals surface area (Å²) >= 11 is 1.67. The highest BCUT2D eigenvalue weighted by Gasteiger charge is 2.27. The van der Waals surface area contributed by atoms with E-state index in [4.69, 9.17) is 0 Å². The fourth-order valence-electron chi connectivity index (χ4n) is 4.49. The summed E-state index contributed by atoms with van der Waals surface area (Å²) in [4.78, 5) is 44.4. The lowest BCUT2D eigenvalue weighted by Crippen LogP contribution is -2.39. The van der Waals surface area contributed by atoms with Crippen LogP contribution in [0.4, 0.5) is 0 Å². The van der Waals surface area contributed by atoms with Crippen molar-refractivity contribution in [3.05, 3.63) is 69.5 Å². The molecule has 8 heteroatoms. The third-order valence-corrected chi connectivity index (χ3v) is 7.37. The van der Waals surface area contributed by atoms with Crippen molar-refractivity contribution >= 4 is 39.8 Å². The van der Waals surface area contributed by atoms with E-state index in [1.165, 1.54) is 9.28 Å². The van der Waals surface area contributed by atoms with Crippen molar-refractivity contribution < 1.29 is 14.7 Å². The molecule has 0 unspecified atom stereocenters. The van der Waals surface area contributed by atoms with E-state index >= 15 is 0 Å². The zero-order valence-electron chi connectivity index (χ0n) is 18.1. The van der Waals surface area contributed by atoms with E-state index in [9.17, 15) is 19.5 Å². The molecular weight excluding hydrogens is 438 g/mol. The second kappa shape index (κ2) is 8.44. The van der Waals surface area contributed by atoms with Crippen LogP contribution in [0.3, 0.4) is 0 Å². The lowest BCUT2D eigenvalue weighted by Gasteiger charge is -2.26. The van der Waals surface area contributed by atoms with Crippen molar-refractivity contribution in [2.75, 3.05) is 0 Å². The van der Waals surface area contributed by atoms with Gasteiger partial charge in [-0.2, -0.15) is 0 Å². The molecule has 7 nitrogen and oxygen atoms in total. The number of aryl methyl sites for hydroxylation is 1. The van der Waals surface area contributed by atoms with Gasteiger partial charge in [0.2, 0.25) is 0 Å². The number of carbonyl (C=O) groups is 2. The fraction of sp³-hybridized carbons (Fsp3) is 0.280. The van der Waals surface area contributed by atoms with E-state index in [2.05, 4.69) is 16.4 Å². The number of benzene rings is 1. The van der Waals surface area contributed by atoms with Gasteiger partial charge in [-0.05, 0) is 74.6 Å². The van der Waals surface area contributed by atoms with Gasteiger partial charge in [-0.25, -0.2) is 4.98 Å². The standard InChI is InChI=1S/C25H23N3O4S/c1-14-4-11-21(33-14)16-7-10-20-19(13-16)24(30)28-12-2-3-18(22(28)27-20)23(29)26-17-8-5-15(6-9-17)25(31)32/h2-4,7,10-13,15,17H,5-6,8-9H2,1H3,(H,26,29)(H,31,32)/t15-,17+. The molecule has 168 valence electrons. The lowest BCUT2D eigenvalue weighted by molar-refractivity contribution is -0.142. The molecule has 0 radical (unpaired) electrons.